The Hall–Kier alpha value is -1.29. The van der Waals surface area contributed by atoms with Crippen molar-refractivity contribution in [1.82, 2.24) is 9.88 Å². The van der Waals surface area contributed by atoms with E-state index in [1.54, 1.807) is 7.11 Å². The van der Waals surface area contributed by atoms with Crippen molar-refractivity contribution in [2.24, 2.45) is 0 Å². The predicted molar refractivity (Wildman–Crippen MR) is 71.7 cm³/mol. The van der Waals surface area contributed by atoms with Crippen LogP contribution in [-0.4, -0.2) is 43.2 Å². The summed E-state index contributed by atoms with van der Waals surface area (Å²) in [5.41, 5.74) is 0. The van der Waals surface area contributed by atoms with Crippen LogP contribution in [0.5, 0.6) is 5.88 Å². The molecule has 0 aromatic carbocycles. The Balaban J connectivity index is 2.26. The fraction of sp³-hybridized carbons (Fsp3) is 0.615. The first kappa shape index (κ1) is 13.8. The maximum Gasteiger partial charge on any atom is 0.214 e. The lowest BCUT2D eigenvalue weighted by Gasteiger charge is -2.20. The van der Waals surface area contributed by atoms with Crippen LogP contribution in [0.1, 0.15) is 20.3 Å². The third kappa shape index (κ3) is 5.04. The number of methoxy groups -OCH3 is 1. The smallest absolute Gasteiger partial charge is 0.214 e. The average molecular weight is 237 g/mol. The summed E-state index contributed by atoms with van der Waals surface area (Å²) in [4.78, 5) is 6.63. The van der Waals surface area contributed by atoms with Gasteiger partial charge in [0, 0.05) is 18.7 Å². The van der Waals surface area contributed by atoms with Crippen LogP contribution in [0.4, 0.5) is 5.82 Å². The molecule has 1 heterocycles. The standard InChI is InChI=1S/C13H23N3O/c1-11(2)16(3)10-6-9-14-12-7-5-8-13(15-12)17-4/h5,7-8,11H,6,9-10H2,1-4H3,(H,14,15). The predicted octanol–water partition coefficient (Wildman–Crippen LogP) is 2.23. The van der Waals surface area contributed by atoms with Crippen LogP contribution in [-0.2, 0) is 0 Å². The summed E-state index contributed by atoms with van der Waals surface area (Å²) in [5, 5.41) is 3.30. The molecule has 0 aliphatic rings. The third-order valence-electron chi connectivity index (χ3n) is 2.81. The van der Waals surface area contributed by atoms with E-state index < -0.39 is 0 Å². The van der Waals surface area contributed by atoms with E-state index >= 15 is 0 Å². The highest BCUT2D eigenvalue weighted by Gasteiger charge is 2.02. The molecule has 0 aliphatic carbocycles. The molecule has 0 radical (unpaired) electrons. The van der Waals surface area contributed by atoms with E-state index in [4.69, 9.17) is 4.74 Å². The number of hydrogen-bond donors (Lipinski definition) is 1. The lowest BCUT2D eigenvalue weighted by Crippen LogP contribution is -2.28. The van der Waals surface area contributed by atoms with E-state index in [-0.39, 0.29) is 0 Å². The highest BCUT2D eigenvalue weighted by Crippen LogP contribution is 2.10. The van der Waals surface area contributed by atoms with E-state index in [9.17, 15) is 0 Å². The molecule has 1 aromatic rings. The molecule has 0 saturated carbocycles. The van der Waals surface area contributed by atoms with Crippen molar-refractivity contribution >= 4 is 5.82 Å². The Morgan fingerprint density at radius 1 is 1.41 bits per heavy atom. The Morgan fingerprint density at radius 3 is 2.82 bits per heavy atom. The first-order valence-corrected chi connectivity index (χ1v) is 6.08. The Morgan fingerprint density at radius 2 is 2.18 bits per heavy atom. The topological polar surface area (TPSA) is 37.4 Å². The number of ether oxygens (including phenoxy) is 1. The van der Waals surface area contributed by atoms with Crippen LogP contribution in [0.25, 0.3) is 0 Å². The third-order valence-corrected chi connectivity index (χ3v) is 2.81. The molecule has 0 fully saturated rings. The van der Waals surface area contributed by atoms with Gasteiger partial charge in [0.1, 0.15) is 5.82 Å². The number of nitrogens with one attached hydrogen (secondary N) is 1. The monoisotopic (exact) mass is 237 g/mol. The minimum absolute atomic E-state index is 0.602. The van der Waals surface area contributed by atoms with Crippen molar-refractivity contribution < 1.29 is 4.74 Å². The first-order valence-electron chi connectivity index (χ1n) is 6.08. The van der Waals surface area contributed by atoms with Crippen LogP contribution in [0.3, 0.4) is 0 Å². The zero-order chi connectivity index (χ0) is 12.7. The molecule has 17 heavy (non-hydrogen) atoms. The molecule has 0 saturated heterocycles. The summed E-state index contributed by atoms with van der Waals surface area (Å²) < 4.78 is 5.07. The average Bonchev–Trinajstić information content (AvgIpc) is 2.34. The molecule has 4 heteroatoms. The SMILES string of the molecule is COc1cccc(NCCCN(C)C(C)C)n1. The van der Waals surface area contributed by atoms with Crippen LogP contribution < -0.4 is 10.1 Å². The fourth-order valence-electron chi connectivity index (χ4n) is 1.43. The van der Waals surface area contributed by atoms with E-state index in [1.807, 2.05) is 18.2 Å². The second kappa shape index (κ2) is 7.12. The quantitative estimate of drug-likeness (QED) is 0.738. The number of anilines is 1. The van der Waals surface area contributed by atoms with Gasteiger partial charge in [-0.1, -0.05) is 6.07 Å². The van der Waals surface area contributed by atoms with Crippen LogP contribution in [0.2, 0.25) is 0 Å². The van der Waals surface area contributed by atoms with Gasteiger partial charge in [0.15, 0.2) is 0 Å². The van der Waals surface area contributed by atoms with Crippen molar-refractivity contribution in [3.8, 4) is 5.88 Å². The van der Waals surface area contributed by atoms with E-state index in [0.717, 1.165) is 25.3 Å². The minimum atomic E-state index is 0.602. The Kier molecular flexibility index (Phi) is 5.77. The summed E-state index contributed by atoms with van der Waals surface area (Å²) in [5.74, 6) is 1.52. The van der Waals surface area contributed by atoms with Gasteiger partial charge in [-0.05, 0) is 39.9 Å². The van der Waals surface area contributed by atoms with Gasteiger partial charge in [0.2, 0.25) is 5.88 Å². The van der Waals surface area contributed by atoms with Crippen LogP contribution >= 0.6 is 0 Å². The van der Waals surface area contributed by atoms with Gasteiger partial charge in [-0.15, -0.1) is 0 Å². The second-order valence-corrected chi connectivity index (χ2v) is 4.42. The molecule has 96 valence electrons. The number of rotatable bonds is 7. The number of aromatic nitrogens is 1. The number of nitrogens with zero attached hydrogens (tertiary/aromatic N) is 2. The molecule has 4 nitrogen and oxygen atoms in total. The molecule has 0 bridgehead atoms. The molecule has 0 unspecified atom stereocenters. The molecule has 0 atom stereocenters. The summed E-state index contributed by atoms with van der Waals surface area (Å²) in [6.07, 6.45) is 1.10. The second-order valence-electron chi connectivity index (χ2n) is 4.42. The van der Waals surface area contributed by atoms with Gasteiger partial charge >= 0.3 is 0 Å². The van der Waals surface area contributed by atoms with Crippen molar-refractivity contribution in [2.75, 3.05) is 32.6 Å². The molecule has 0 aliphatic heterocycles. The van der Waals surface area contributed by atoms with Crippen LogP contribution in [0.15, 0.2) is 18.2 Å². The zero-order valence-electron chi connectivity index (χ0n) is 11.2. The van der Waals surface area contributed by atoms with Crippen molar-refractivity contribution in [3.05, 3.63) is 18.2 Å². The zero-order valence-corrected chi connectivity index (χ0v) is 11.2. The van der Waals surface area contributed by atoms with Crippen molar-refractivity contribution in [1.29, 1.82) is 0 Å². The van der Waals surface area contributed by atoms with Crippen LogP contribution in [0, 0.1) is 0 Å². The molecule has 1 N–H and O–H groups in total. The van der Waals surface area contributed by atoms with Crippen molar-refractivity contribution in [3.63, 3.8) is 0 Å². The molecular formula is C13H23N3O. The molecule has 0 spiro atoms. The molecular weight excluding hydrogens is 214 g/mol. The Bertz CT molecular complexity index is 328. The largest absolute Gasteiger partial charge is 0.481 e. The maximum absolute atomic E-state index is 5.07. The summed E-state index contributed by atoms with van der Waals surface area (Å²) in [7, 11) is 3.78. The van der Waals surface area contributed by atoms with Gasteiger partial charge in [0.25, 0.3) is 0 Å². The summed E-state index contributed by atoms with van der Waals surface area (Å²) in [6.45, 7) is 6.43. The number of pyridine rings is 1. The summed E-state index contributed by atoms with van der Waals surface area (Å²) in [6, 6.07) is 6.34. The lowest BCUT2D eigenvalue weighted by molar-refractivity contribution is 0.273. The van der Waals surface area contributed by atoms with Crippen molar-refractivity contribution in [2.45, 2.75) is 26.3 Å². The van der Waals surface area contributed by atoms with E-state index in [1.165, 1.54) is 0 Å². The minimum Gasteiger partial charge on any atom is -0.481 e. The maximum atomic E-state index is 5.07. The Labute approximate surface area is 104 Å². The highest BCUT2D eigenvalue weighted by molar-refractivity contribution is 5.36. The fourth-order valence-corrected chi connectivity index (χ4v) is 1.43. The summed E-state index contributed by atoms with van der Waals surface area (Å²) >= 11 is 0. The first-order chi connectivity index (χ1) is 8.13. The molecule has 0 amide bonds. The van der Waals surface area contributed by atoms with E-state index in [0.29, 0.717) is 11.9 Å². The van der Waals surface area contributed by atoms with Gasteiger partial charge in [-0.25, -0.2) is 0 Å². The van der Waals surface area contributed by atoms with Gasteiger partial charge < -0.3 is 15.0 Å². The highest BCUT2D eigenvalue weighted by atomic mass is 16.5. The number of hydrogen-bond acceptors (Lipinski definition) is 4. The van der Waals surface area contributed by atoms with Gasteiger partial charge in [-0.2, -0.15) is 4.98 Å². The lowest BCUT2D eigenvalue weighted by atomic mass is 10.3. The van der Waals surface area contributed by atoms with Gasteiger partial charge in [0.05, 0.1) is 7.11 Å². The normalized spacial score (nSPS) is 10.9. The molecule has 1 rings (SSSR count). The van der Waals surface area contributed by atoms with Gasteiger partial charge in [-0.3, -0.25) is 0 Å². The van der Waals surface area contributed by atoms with E-state index in [2.05, 4.69) is 36.1 Å². The molecule has 1 aromatic heterocycles.